The maximum absolute atomic E-state index is 13.4. The number of hydrogen-bond acceptors (Lipinski definition) is 13. The number of amides is 3. The van der Waals surface area contributed by atoms with Crippen molar-refractivity contribution in [3.05, 3.63) is 77.9 Å². The molecule has 3 aromatic carbocycles. The monoisotopic (exact) mass is 854 g/mol. The summed E-state index contributed by atoms with van der Waals surface area (Å²) in [6.45, 7) is 9.99. The molecule has 60 heavy (non-hydrogen) atoms. The Morgan fingerprint density at radius 1 is 0.867 bits per heavy atom. The van der Waals surface area contributed by atoms with E-state index in [4.69, 9.17) is 16.3 Å². The number of nitrogens with one attached hydrogen (secondary N) is 4. The van der Waals surface area contributed by atoms with Gasteiger partial charge in [-0.2, -0.15) is 4.98 Å². The first kappa shape index (κ1) is 41.4. The molecule has 4 aromatic rings. The Balaban J connectivity index is 0.786. The lowest BCUT2D eigenvalue weighted by Gasteiger charge is -2.46. The Hall–Kier alpha value is -5.37. The van der Waals surface area contributed by atoms with Gasteiger partial charge in [0.05, 0.1) is 30.6 Å². The van der Waals surface area contributed by atoms with Crippen molar-refractivity contribution in [2.24, 2.45) is 5.92 Å². The topological polar surface area (TPSA) is 164 Å². The van der Waals surface area contributed by atoms with E-state index in [9.17, 15) is 18.9 Å². The average molecular weight is 855 g/mol. The zero-order valence-corrected chi connectivity index (χ0v) is 35.8. The second-order valence-electron chi connectivity index (χ2n) is 16.3. The molecule has 4 fully saturated rings. The molecule has 8 rings (SSSR count). The van der Waals surface area contributed by atoms with Crippen LogP contribution in [-0.4, -0.2) is 122 Å². The maximum atomic E-state index is 13.4. The summed E-state index contributed by atoms with van der Waals surface area (Å²) in [4.78, 5) is 55.2. The molecule has 4 aliphatic heterocycles. The Kier molecular flexibility index (Phi) is 12.2. The summed E-state index contributed by atoms with van der Waals surface area (Å²) in [6.07, 6.45) is 4.42. The number of nitrogens with zero attached hydrogens (tertiary/aromatic N) is 6. The highest BCUT2D eigenvalue weighted by molar-refractivity contribution is 7.70. The van der Waals surface area contributed by atoms with Crippen LogP contribution < -0.4 is 41.1 Å². The van der Waals surface area contributed by atoms with Crippen molar-refractivity contribution in [2.45, 2.75) is 37.8 Å². The summed E-state index contributed by atoms with van der Waals surface area (Å²) in [7, 11) is -0.904. The highest BCUT2D eigenvalue weighted by atomic mass is 35.5. The molecule has 17 heteroatoms. The molecule has 316 valence electrons. The number of para-hydroxylation sites is 1. The molecule has 0 saturated carbocycles. The molecule has 3 amide bonds. The number of halogens is 1. The maximum Gasteiger partial charge on any atom is 0.249 e. The first-order valence-electron chi connectivity index (χ1n) is 20.5. The minimum atomic E-state index is -2.55. The molecule has 0 spiro atoms. The number of hydrogen-bond donors (Lipinski definition) is 4. The lowest BCUT2D eigenvalue weighted by Crippen LogP contribution is -2.59. The van der Waals surface area contributed by atoms with Crippen LogP contribution in [-0.2, 0) is 18.9 Å². The van der Waals surface area contributed by atoms with E-state index in [0.717, 1.165) is 69.2 Å². The largest absolute Gasteiger partial charge is 0.494 e. The lowest BCUT2D eigenvalue weighted by molar-refractivity contribution is -0.138. The second-order valence-corrected chi connectivity index (χ2v) is 19.9. The SMILES string of the molecule is COc1cc(N2CCC(N3CCN(C(=O)C4CN(c5ccc(NC6CCC(=O)NC6=O)cc5)C4)CC3)CC2)ccc1Nc1ncc(Cl)c(Nc2ccccc2P(C)(C)=O)n1. The third-order valence-electron chi connectivity index (χ3n) is 11.9. The van der Waals surface area contributed by atoms with Gasteiger partial charge in [0.15, 0.2) is 5.82 Å². The first-order valence-corrected chi connectivity index (χ1v) is 23.5. The summed E-state index contributed by atoms with van der Waals surface area (Å²) in [5.41, 5.74) is 4.36. The molecule has 1 aromatic heterocycles. The molecule has 1 unspecified atom stereocenters. The number of rotatable bonds is 12. The van der Waals surface area contributed by atoms with Gasteiger partial charge in [-0.15, -0.1) is 0 Å². The third kappa shape index (κ3) is 9.33. The molecule has 4 N–H and O–H groups in total. The van der Waals surface area contributed by atoms with Gasteiger partial charge in [0.1, 0.15) is 24.0 Å². The van der Waals surface area contributed by atoms with Crippen LogP contribution in [0.1, 0.15) is 25.7 Å². The minimum Gasteiger partial charge on any atom is -0.494 e. The van der Waals surface area contributed by atoms with Crippen molar-refractivity contribution in [3.8, 4) is 5.75 Å². The molecular weight excluding hydrogens is 803 g/mol. The Morgan fingerprint density at radius 3 is 2.28 bits per heavy atom. The predicted molar refractivity (Wildman–Crippen MR) is 237 cm³/mol. The van der Waals surface area contributed by atoms with Crippen LogP contribution >= 0.6 is 18.7 Å². The van der Waals surface area contributed by atoms with Gasteiger partial charge in [-0.1, -0.05) is 23.7 Å². The molecule has 5 heterocycles. The number of aromatic nitrogens is 2. The molecule has 0 bridgehead atoms. The Morgan fingerprint density at radius 2 is 1.58 bits per heavy atom. The van der Waals surface area contributed by atoms with E-state index in [-0.39, 0.29) is 23.6 Å². The van der Waals surface area contributed by atoms with Crippen molar-refractivity contribution in [3.63, 3.8) is 0 Å². The Labute approximate surface area is 355 Å². The zero-order chi connectivity index (χ0) is 42.0. The van der Waals surface area contributed by atoms with Gasteiger partial charge < -0.3 is 40.0 Å². The van der Waals surface area contributed by atoms with Gasteiger partial charge in [0.2, 0.25) is 23.7 Å². The number of anilines is 7. The highest BCUT2D eigenvalue weighted by Gasteiger charge is 2.37. The number of piperazine rings is 1. The second kappa shape index (κ2) is 17.7. The first-order chi connectivity index (χ1) is 28.9. The van der Waals surface area contributed by atoms with Crippen LogP contribution in [0.3, 0.4) is 0 Å². The van der Waals surface area contributed by atoms with E-state index >= 15 is 0 Å². The zero-order valence-electron chi connectivity index (χ0n) is 34.2. The predicted octanol–water partition coefficient (Wildman–Crippen LogP) is 5.34. The third-order valence-corrected chi connectivity index (χ3v) is 13.8. The number of ether oxygens (including phenoxy) is 1. The molecule has 4 saturated heterocycles. The molecule has 0 aliphatic carbocycles. The molecule has 15 nitrogen and oxygen atoms in total. The van der Waals surface area contributed by atoms with Crippen LogP contribution in [0.15, 0.2) is 72.9 Å². The lowest BCUT2D eigenvalue weighted by atomic mass is 9.96. The fraction of sp³-hybridized carbons (Fsp3) is 0.419. The van der Waals surface area contributed by atoms with E-state index in [1.54, 1.807) is 20.4 Å². The van der Waals surface area contributed by atoms with Crippen molar-refractivity contribution in [1.29, 1.82) is 0 Å². The van der Waals surface area contributed by atoms with Crippen LogP contribution in [0.5, 0.6) is 5.75 Å². The van der Waals surface area contributed by atoms with Crippen LogP contribution in [0, 0.1) is 5.92 Å². The van der Waals surface area contributed by atoms with E-state index < -0.39 is 13.2 Å². The number of carbonyl (C=O) groups is 3. The number of piperidine rings is 2. The number of methoxy groups -OCH3 is 1. The molecular formula is C43H52ClN10O5P. The van der Waals surface area contributed by atoms with Crippen LogP contribution in [0.2, 0.25) is 5.02 Å². The molecule has 0 radical (unpaired) electrons. The van der Waals surface area contributed by atoms with Crippen molar-refractivity contribution < 1.29 is 23.7 Å². The van der Waals surface area contributed by atoms with E-state index in [0.29, 0.717) is 71.2 Å². The van der Waals surface area contributed by atoms with Gasteiger partial charge in [-0.05, 0) is 81.1 Å². The summed E-state index contributed by atoms with van der Waals surface area (Å²) in [5.74, 6) is 1.13. The smallest absolute Gasteiger partial charge is 0.249 e. The van der Waals surface area contributed by atoms with Gasteiger partial charge in [0.25, 0.3) is 0 Å². The van der Waals surface area contributed by atoms with Crippen LogP contribution in [0.4, 0.5) is 40.2 Å². The summed E-state index contributed by atoms with van der Waals surface area (Å²) < 4.78 is 18.7. The van der Waals surface area contributed by atoms with E-state index in [1.165, 1.54) is 6.20 Å². The van der Waals surface area contributed by atoms with Crippen molar-refractivity contribution >= 4 is 82.0 Å². The van der Waals surface area contributed by atoms with E-state index in [2.05, 4.69) is 52.0 Å². The quantitative estimate of drug-likeness (QED) is 0.107. The van der Waals surface area contributed by atoms with Gasteiger partial charge in [0, 0.05) is 93.3 Å². The van der Waals surface area contributed by atoms with Gasteiger partial charge in [-0.25, -0.2) is 4.98 Å². The number of imide groups is 1. The normalized spacial score (nSPS) is 19.4. The summed E-state index contributed by atoms with van der Waals surface area (Å²) in [6, 6.07) is 21.5. The molecule has 1 atom stereocenters. The number of carbonyl (C=O) groups excluding carboxylic acids is 3. The molecule has 4 aliphatic rings. The summed E-state index contributed by atoms with van der Waals surface area (Å²) in [5, 5.41) is 13.2. The Bertz CT molecular complexity index is 2270. The van der Waals surface area contributed by atoms with Gasteiger partial charge in [-0.3, -0.25) is 24.6 Å². The minimum absolute atomic E-state index is 0.000167. The van der Waals surface area contributed by atoms with E-state index in [1.807, 2.05) is 65.6 Å². The standard InChI is InChI=1S/C43H52ClN10O5P/c1-59-37-24-32(12-13-34(37)48-43-45-25-33(44)40(50-43)47-35-6-4-5-7-38(35)60(2,3)58)51-18-16-31(17-19-51)52-20-22-53(23-21-52)42(57)28-26-54(27-28)30-10-8-29(9-11-30)46-36-14-15-39(55)49-41(36)56/h4-13,24-25,28,31,36,46H,14-23,26-27H2,1-3H3,(H,49,55,56)(H2,45,47,48,50). The number of benzene rings is 3. The van der Waals surface area contributed by atoms with Gasteiger partial charge >= 0.3 is 0 Å². The fourth-order valence-electron chi connectivity index (χ4n) is 8.49. The van der Waals surface area contributed by atoms with Crippen molar-refractivity contribution in [2.75, 3.05) is 98.5 Å². The fourth-order valence-corrected chi connectivity index (χ4v) is 9.79. The highest BCUT2D eigenvalue weighted by Crippen LogP contribution is 2.39. The average Bonchev–Trinajstić information content (AvgIpc) is 3.23. The van der Waals surface area contributed by atoms with Crippen LogP contribution in [0.25, 0.3) is 0 Å². The van der Waals surface area contributed by atoms with Crippen molar-refractivity contribution in [1.82, 2.24) is 25.1 Å². The summed E-state index contributed by atoms with van der Waals surface area (Å²) >= 11 is 6.48.